The highest BCUT2D eigenvalue weighted by Gasteiger charge is 2.05. The van der Waals surface area contributed by atoms with Gasteiger partial charge in [-0.25, -0.2) is 9.98 Å². The molecule has 0 aromatic carbocycles. The van der Waals surface area contributed by atoms with Gasteiger partial charge in [0.25, 0.3) is 0 Å². The molecule has 2 N–H and O–H groups in total. The van der Waals surface area contributed by atoms with E-state index in [9.17, 15) is 0 Å². The first kappa shape index (κ1) is 17.2. The summed E-state index contributed by atoms with van der Waals surface area (Å²) >= 11 is 0. The van der Waals surface area contributed by atoms with Gasteiger partial charge in [0.1, 0.15) is 12.3 Å². The largest absolute Gasteiger partial charge is 0.444 e. The van der Waals surface area contributed by atoms with Crippen LogP contribution in [0, 0.1) is 13.8 Å². The molecule has 0 amide bonds. The van der Waals surface area contributed by atoms with E-state index in [0.717, 1.165) is 24.0 Å². The van der Waals surface area contributed by atoms with Crippen LogP contribution in [0.1, 0.15) is 38.1 Å². The highest BCUT2D eigenvalue weighted by atomic mass is 127. The van der Waals surface area contributed by atoms with Crippen molar-refractivity contribution in [3.63, 3.8) is 0 Å². The maximum Gasteiger partial charge on any atom is 0.216 e. The number of rotatable bonds is 4. The Kier molecular flexibility index (Phi) is 7.97. The summed E-state index contributed by atoms with van der Waals surface area (Å²) < 4.78 is 5.47. The molecule has 0 spiro atoms. The molecule has 0 unspecified atom stereocenters. The van der Waals surface area contributed by atoms with Crippen molar-refractivity contribution in [2.75, 3.05) is 6.54 Å². The molecule has 0 saturated heterocycles. The van der Waals surface area contributed by atoms with E-state index >= 15 is 0 Å². The Bertz CT molecular complexity index is 368. The van der Waals surface area contributed by atoms with Crippen LogP contribution in [-0.4, -0.2) is 23.5 Å². The monoisotopic (exact) mass is 366 g/mol. The van der Waals surface area contributed by atoms with E-state index in [2.05, 4.69) is 34.5 Å². The van der Waals surface area contributed by atoms with E-state index in [-0.39, 0.29) is 24.0 Å². The molecule has 6 heteroatoms. The van der Waals surface area contributed by atoms with Gasteiger partial charge >= 0.3 is 0 Å². The van der Waals surface area contributed by atoms with Gasteiger partial charge in [0.05, 0.1) is 5.69 Å². The van der Waals surface area contributed by atoms with Crippen molar-refractivity contribution in [3.05, 3.63) is 17.3 Å². The number of nitrogens with zero attached hydrogens (tertiary/aromatic N) is 2. The van der Waals surface area contributed by atoms with Gasteiger partial charge < -0.3 is 15.1 Å². The third-order valence-corrected chi connectivity index (χ3v) is 2.21. The van der Waals surface area contributed by atoms with Crippen LogP contribution in [0.15, 0.2) is 9.41 Å². The number of hydrogen-bond acceptors (Lipinski definition) is 3. The summed E-state index contributed by atoms with van der Waals surface area (Å²) in [5, 5.41) is 6.42. The van der Waals surface area contributed by atoms with Crippen molar-refractivity contribution in [3.8, 4) is 0 Å². The lowest BCUT2D eigenvalue weighted by atomic mass is 10.4. The van der Waals surface area contributed by atoms with Crippen molar-refractivity contribution < 1.29 is 4.42 Å². The Morgan fingerprint density at radius 3 is 2.50 bits per heavy atom. The molecule has 0 bridgehead atoms. The lowest BCUT2D eigenvalue weighted by Crippen LogP contribution is -2.41. The summed E-state index contributed by atoms with van der Waals surface area (Å²) in [7, 11) is 0. The summed E-state index contributed by atoms with van der Waals surface area (Å²) in [6.07, 6.45) is 0. The van der Waals surface area contributed by atoms with Crippen LogP contribution < -0.4 is 10.6 Å². The Hall–Kier alpha value is -0.790. The topological polar surface area (TPSA) is 62.5 Å². The van der Waals surface area contributed by atoms with Crippen LogP contribution in [0.5, 0.6) is 0 Å². The fourth-order valence-electron chi connectivity index (χ4n) is 1.35. The number of halogens is 1. The molecular formula is C12H23IN4O. The van der Waals surface area contributed by atoms with Gasteiger partial charge in [-0.05, 0) is 34.6 Å². The van der Waals surface area contributed by atoms with Gasteiger partial charge in [-0.3, -0.25) is 0 Å². The molecule has 0 aliphatic carbocycles. The molecular weight excluding hydrogens is 343 g/mol. The second-order valence-corrected chi connectivity index (χ2v) is 4.24. The molecule has 0 atom stereocenters. The van der Waals surface area contributed by atoms with E-state index in [1.54, 1.807) is 0 Å². The van der Waals surface area contributed by atoms with Gasteiger partial charge in [-0.2, -0.15) is 0 Å². The van der Waals surface area contributed by atoms with Crippen molar-refractivity contribution in [1.29, 1.82) is 0 Å². The Balaban J connectivity index is 0.00000289. The summed E-state index contributed by atoms with van der Waals surface area (Å²) in [5.41, 5.74) is 0.928. The Labute approximate surface area is 126 Å². The molecule has 1 rings (SSSR count). The second-order valence-electron chi connectivity index (χ2n) is 4.24. The maximum atomic E-state index is 5.47. The van der Waals surface area contributed by atoms with Gasteiger partial charge in [0.15, 0.2) is 5.96 Å². The van der Waals surface area contributed by atoms with Crippen LogP contribution in [-0.2, 0) is 6.54 Å². The molecule has 104 valence electrons. The number of guanidine groups is 1. The third-order valence-electron chi connectivity index (χ3n) is 2.21. The molecule has 0 saturated carbocycles. The molecule has 0 radical (unpaired) electrons. The zero-order valence-corrected chi connectivity index (χ0v) is 14.0. The van der Waals surface area contributed by atoms with Crippen molar-refractivity contribution in [2.24, 2.45) is 4.99 Å². The number of aromatic nitrogens is 1. The van der Waals surface area contributed by atoms with E-state index < -0.39 is 0 Å². The number of aliphatic imine (C=N–C) groups is 1. The minimum atomic E-state index is 0. The number of nitrogens with one attached hydrogen (secondary N) is 2. The first-order chi connectivity index (χ1) is 8.02. The zero-order valence-electron chi connectivity index (χ0n) is 11.7. The summed E-state index contributed by atoms with van der Waals surface area (Å²) in [5.74, 6) is 2.30. The van der Waals surface area contributed by atoms with Crippen LogP contribution >= 0.6 is 24.0 Å². The van der Waals surface area contributed by atoms with Gasteiger partial charge in [-0.1, -0.05) is 0 Å². The van der Waals surface area contributed by atoms with Gasteiger partial charge in [0.2, 0.25) is 5.89 Å². The quantitative estimate of drug-likeness (QED) is 0.488. The average molecular weight is 366 g/mol. The van der Waals surface area contributed by atoms with Crippen LogP contribution in [0.2, 0.25) is 0 Å². The molecule has 1 aromatic rings. The highest BCUT2D eigenvalue weighted by Crippen LogP contribution is 2.08. The van der Waals surface area contributed by atoms with Crippen molar-refractivity contribution in [2.45, 2.75) is 47.2 Å². The third kappa shape index (κ3) is 5.70. The molecule has 18 heavy (non-hydrogen) atoms. The first-order valence-electron chi connectivity index (χ1n) is 6.00. The Morgan fingerprint density at radius 2 is 2.06 bits per heavy atom. The lowest BCUT2D eigenvalue weighted by Gasteiger charge is -2.13. The molecule has 0 aliphatic heterocycles. The fourth-order valence-corrected chi connectivity index (χ4v) is 1.35. The van der Waals surface area contributed by atoms with Crippen LogP contribution in [0.25, 0.3) is 0 Å². The van der Waals surface area contributed by atoms with E-state index in [1.165, 1.54) is 0 Å². The normalized spacial score (nSPS) is 11.3. The van der Waals surface area contributed by atoms with Crippen LogP contribution in [0.3, 0.4) is 0 Å². The smallest absolute Gasteiger partial charge is 0.216 e. The maximum absolute atomic E-state index is 5.47. The second kappa shape index (κ2) is 8.34. The van der Waals surface area contributed by atoms with Crippen molar-refractivity contribution in [1.82, 2.24) is 15.6 Å². The van der Waals surface area contributed by atoms with E-state index in [0.29, 0.717) is 18.5 Å². The van der Waals surface area contributed by atoms with Gasteiger partial charge in [-0.15, -0.1) is 24.0 Å². The number of oxazole rings is 1. The summed E-state index contributed by atoms with van der Waals surface area (Å²) in [6, 6.07) is 0.348. The number of aryl methyl sites for hydroxylation is 2. The minimum absolute atomic E-state index is 0. The predicted molar refractivity (Wildman–Crippen MR) is 84.5 cm³/mol. The average Bonchev–Trinajstić information content (AvgIpc) is 2.55. The molecule has 1 heterocycles. The first-order valence-corrected chi connectivity index (χ1v) is 6.00. The summed E-state index contributed by atoms with van der Waals surface area (Å²) in [6.45, 7) is 11.3. The lowest BCUT2D eigenvalue weighted by molar-refractivity contribution is 0.472. The standard InChI is InChI=1S/C12H22N4O.HI/c1-6-13-12(15-8(2)3)14-7-11-16-9(4)10(5)17-11;/h8H,6-7H2,1-5H3,(H2,13,14,15);1H. The minimum Gasteiger partial charge on any atom is -0.444 e. The van der Waals surface area contributed by atoms with Crippen LogP contribution in [0.4, 0.5) is 0 Å². The SMILES string of the molecule is CCNC(=NCc1nc(C)c(C)o1)NC(C)C.I. The number of hydrogen-bond donors (Lipinski definition) is 2. The predicted octanol–water partition coefficient (Wildman–Crippen LogP) is 2.37. The van der Waals surface area contributed by atoms with E-state index in [1.807, 2.05) is 20.8 Å². The zero-order chi connectivity index (χ0) is 12.8. The summed E-state index contributed by atoms with van der Waals surface area (Å²) in [4.78, 5) is 8.71. The Morgan fingerprint density at radius 1 is 1.39 bits per heavy atom. The highest BCUT2D eigenvalue weighted by molar-refractivity contribution is 14.0. The molecule has 0 fully saturated rings. The van der Waals surface area contributed by atoms with Crippen molar-refractivity contribution >= 4 is 29.9 Å². The fraction of sp³-hybridized carbons (Fsp3) is 0.667. The molecule has 0 aliphatic rings. The molecule has 5 nitrogen and oxygen atoms in total. The van der Waals surface area contributed by atoms with Gasteiger partial charge in [0, 0.05) is 12.6 Å². The molecule has 1 aromatic heterocycles. The van der Waals surface area contributed by atoms with E-state index in [4.69, 9.17) is 4.42 Å².